The molecular formula is C8H8BrClN2O. The molecule has 0 fully saturated rings. The van der Waals surface area contributed by atoms with Crippen LogP contribution in [0.2, 0.25) is 0 Å². The molecule has 0 saturated heterocycles. The summed E-state index contributed by atoms with van der Waals surface area (Å²) in [6.07, 6.45) is 3.03. The highest BCUT2D eigenvalue weighted by Crippen LogP contribution is 2.25. The van der Waals surface area contributed by atoms with E-state index in [1.54, 1.807) is 0 Å². The molecule has 2 atom stereocenters. The molecule has 0 aromatic heterocycles. The van der Waals surface area contributed by atoms with Gasteiger partial charge in [0.05, 0.1) is 15.6 Å². The van der Waals surface area contributed by atoms with Gasteiger partial charge in [0.25, 0.3) is 0 Å². The first-order valence-electron chi connectivity index (χ1n) is 3.89. The Kier molecular flexibility index (Phi) is 2.55. The number of nitrogens with zero attached hydrogens (tertiary/aromatic N) is 1. The maximum atomic E-state index is 9.21. The Labute approximate surface area is 89.3 Å². The van der Waals surface area contributed by atoms with Gasteiger partial charge in [-0.05, 0) is 11.6 Å². The van der Waals surface area contributed by atoms with Crippen molar-refractivity contribution in [3.05, 3.63) is 22.8 Å². The van der Waals surface area contributed by atoms with Crippen molar-refractivity contribution in [2.75, 3.05) is 6.54 Å². The van der Waals surface area contributed by atoms with Gasteiger partial charge in [-0.3, -0.25) is 5.32 Å². The third-order valence-electron chi connectivity index (χ3n) is 1.92. The Balaban J connectivity index is 2.38. The molecule has 1 heterocycles. The summed E-state index contributed by atoms with van der Waals surface area (Å²) in [7, 11) is 0. The highest BCUT2D eigenvalue weighted by molar-refractivity contribution is 9.09. The molecule has 0 amide bonds. The number of fused-ring (bicyclic) bond motifs is 1. The van der Waals surface area contributed by atoms with Gasteiger partial charge < -0.3 is 5.11 Å². The molecule has 0 bridgehead atoms. The first-order chi connectivity index (χ1) is 6.16. The van der Waals surface area contributed by atoms with Crippen molar-refractivity contribution in [2.45, 2.75) is 11.2 Å². The van der Waals surface area contributed by atoms with Crippen molar-refractivity contribution in [3.8, 4) is 0 Å². The summed E-state index contributed by atoms with van der Waals surface area (Å²) in [4.78, 5) is 4.15. The minimum absolute atomic E-state index is 0.158. The fourth-order valence-electron chi connectivity index (χ4n) is 1.35. The lowest BCUT2D eigenvalue weighted by atomic mass is 10.0. The largest absolute Gasteiger partial charge is 0.360 e. The molecule has 2 N–H and O–H groups in total. The van der Waals surface area contributed by atoms with Crippen LogP contribution in [0.1, 0.15) is 0 Å². The van der Waals surface area contributed by atoms with E-state index in [0.717, 1.165) is 5.57 Å². The molecule has 70 valence electrons. The highest BCUT2D eigenvalue weighted by Gasteiger charge is 2.23. The topological polar surface area (TPSA) is 44.6 Å². The van der Waals surface area contributed by atoms with E-state index in [1.165, 1.54) is 0 Å². The molecule has 0 aromatic rings. The molecule has 0 saturated carbocycles. The molecule has 0 spiro atoms. The zero-order valence-corrected chi connectivity index (χ0v) is 9.01. The molecule has 2 unspecified atom stereocenters. The van der Waals surface area contributed by atoms with Crippen LogP contribution < -0.4 is 5.32 Å². The van der Waals surface area contributed by atoms with Crippen LogP contribution in [0.5, 0.6) is 0 Å². The lowest BCUT2D eigenvalue weighted by molar-refractivity contribution is 0.148. The predicted molar refractivity (Wildman–Crippen MR) is 56.2 cm³/mol. The fraction of sp³-hybridized carbons (Fsp3) is 0.375. The van der Waals surface area contributed by atoms with Gasteiger partial charge in [0, 0.05) is 6.54 Å². The van der Waals surface area contributed by atoms with Gasteiger partial charge in [-0.25, -0.2) is 4.99 Å². The summed E-state index contributed by atoms with van der Waals surface area (Å²) >= 11 is 9.39. The summed E-state index contributed by atoms with van der Waals surface area (Å²) in [6.45, 7) is 0.603. The quantitative estimate of drug-likeness (QED) is 0.644. The molecule has 5 heteroatoms. The number of alkyl halides is 1. The number of aliphatic hydroxyl groups is 1. The number of rotatable bonds is 0. The van der Waals surface area contributed by atoms with Crippen LogP contribution in [0.3, 0.4) is 0 Å². The van der Waals surface area contributed by atoms with E-state index in [2.05, 4.69) is 26.2 Å². The normalized spacial score (nSPS) is 33.0. The van der Waals surface area contributed by atoms with Gasteiger partial charge in [-0.1, -0.05) is 33.6 Å². The Morgan fingerprint density at radius 2 is 2.38 bits per heavy atom. The van der Waals surface area contributed by atoms with E-state index < -0.39 is 6.35 Å². The van der Waals surface area contributed by atoms with Gasteiger partial charge in [-0.15, -0.1) is 0 Å². The number of halogens is 2. The average Bonchev–Trinajstić information content (AvgIpc) is 2.06. The van der Waals surface area contributed by atoms with E-state index in [4.69, 9.17) is 11.6 Å². The van der Waals surface area contributed by atoms with Crippen molar-refractivity contribution in [3.63, 3.8) is 0 Å². The SMILES string of the molecule is OC1N=C2C(Cl)=CC(Br)C=C2CN1. The molecule has 2 rings (SSSR count). The lowest BCUT2D eigenvalue weighted by Crippen LogP contribution is -2.37. The Hall–Kier alpha value is -0.160. The van der Waals surface area contributed by atoms with Crippen molar-refractivity contribution in [2.24, 2.45) is 4.99 Å². The molecule has 2 aliphatic rings. The Morgan fingerprint density at radius 1 is 1.62 bits per heavy atom. The van der Waals surface area contributed by atoms with Gasteiger partial charge >= 0.3 is 0 Å². The highest BCUT2D eigenvalue weighted by atomic mass is 79.9. The maximum Gasteiger partial charge on any atom is 0.202 e. The van der Waals surface area contributed by atoms with Gasteiger partial charge in [0.1, 0.15) is 0 Å². The van der Waals surface area contributed by atoms with Crippen LogP contribution >= 0.6 is 27.5 Å². The Bertz CT molecular complexity index is 324. The van der Waals surface area contributed by atoms with Gasteiger partial charge in [0.15, 0.2) is 0 Å². The smallest absolute Gasteiger partial charge is 0.202 e. The van der Waals surface area contributed by atoms with Crippen LogP contribution in [0.15, 0.2) is 27.7 Å². The van der Waals surface area contributed by atoms with Crippen molar-refractivity contribution >= 4 is 33.2 Å². The van der Waals surface area contributed by atoms with E-state index in [9.17, 15) is 5.11 Å². The zero-order chi connectivity index (χ0) is 9.42. The predicted octanol–water partition coefficient (Wildman–Crippen LogP) is 1.13. The first-order valence-corrected chi connectivity index (χ1v) is 5.18. The average molecular weight is 264 g/mol. The van der Waals surface area contributed by atoms with E-state index >= 15 is 0 Å². The number of nitrogens with one attached hydrogen (secondary N) is 1. The number of allylic oxidation sites excluding steroid dienone is 3. The molecule has 0 radical (unpaired) electrons. The summed E-state index contributed by atoms with van der Waals surface area (Å²) in [5.41, 5.74) is 1.73. The van der Waals surface area contributed by atoms with Crippen molar-refractivity contribution < 1.29 is 5.11 Å². The molecule has 0 aromatic carbocycles. The van der Waals surface area contributed by atoms with E-state index in [1.807, 2.05) is 12.2 Å². The molecule has 3 nitrogen and oxygen atoms in total. The number of hydrogen-bond acceptors (Lipinski definition) is 3. The molecule has 1 aliphatic heterocycles. The Morgan fingerprint density at radius 3 is 3.15 bits per heavy atom. The van der Waals surface area contributed by atoms with Crippen LogP contribution in [0, 0.1) is 0 Å². The lowest BCUT2D eigenvalue weighted by Gasteiger charge is -2.24. The van der Waals surface area contributed by atoms with Crippen molar-refractivity contribution in [1.82, 2.24) is 5.32 Å². The fourth-order valence-corrected chi connectivity index (χ4v) is 2.39. The van der Waals surface area contributed by atoms with Crippen LogP contribution in [-0.2, 0) is 0 Å². The van der Waals surface area contributed by atoms with Crippen LogP contribution in [0.4, 0.5) is 0 Å². The first kappa shape index (κ1) is 9.40. The van der Waals surface area contributed by atoms with E-state index in [-0.39, 0.29) is 4.83 Å². The molecule has 13 heavy (non-hydrogen) atoms. The van der Waals surface area contributed by atoms with Crippen LogP contribution in [0.25, 0.3) is 0 Å². The van der Waals surface area contributed by atoms with Crippen molar-refractivity contribution in [1.29, 1.82) is 0 Å². The minimum atomic E-state index is -0.832. The van der Waals surface area contributed by atoms with Gasteiger partial charge in [-0.2, -0.15) is 0 Å². The molecular weight excluding hydrogens is 255 g/mol. The van der Waals surface area contributed by atoms with E-state index in [0.29, 0.717) is 17.3 Å². The second kappa shape index (κ2) is 3.53. The number of aliphatic imine (C=N–C) groups is 1. The number of hydrogen-bond donors (Lipinski definition) is 2. The molecule has 1 aliphatic carbocycles. The number of aliphatic hydroxyl groups excluding tert-OH is 1. The van der Waals surface area contributed by atoms with Crippen LogP contribution in [-0.4, -0.2) is 28.5 Å². The standard InChI is InChI=1S/C8H8BrClN2O/c9-5-1-4-3-11-8(13)12-7(4)6(10)2-5/h1-2,5,8,11,13H,3H2. The zero-order valence-electron chi connectivity index (χ0n) is 6.67. The second-order valence-corrected chi connectivity index (χ2v) is 4.35. The monoisotopic (exact) mass is 262 g/mol. The summed E-state index contributed by atoms with van der Waals surface area (Å²) < 4.78 is 0. The maximum absolute atomic E-state index is 9.21. The summed E-state index contributed by atoms with van der Waals surface area (Å²) in [5.74, 6) is 0. The minimum Gasteiger partial charge on any atom is -0.360 e. The third kappa shape index (κ3) is 1.86. The summed E-state index contributed by atoms with van der Waals surface area (Å²) in [6, 6.07) is 0. The third-order valence-corrected chi connectivity index (χ3v) is 2.76. The summed E-state index contributed by atoms with van der Waals surface area (Å²) in [5, 5.41) is 12.6. The second-order valence-electron chi connectivity index (χ2n) is 2.88. The van der Waals surface area contributed by atoms with Gasteiger partial charge in [0.2, 0.25) is 6.35 Å².